The summed E-state index contributed by atoms with van der Waals surface area (Å²) in [7, 11) is -3.25. The third-order valence-electron chi connectivity index (χ3n) is 2.57. The van der Waals surface area contributed by atoms with Crippen molar-refractivity contribution in [2.45, 2.75) is 18.6 Å². The van der Waals surface area contributed by atoms with E-state index in [1.54, 1.807) is 0 Å². The zero-order chi connectivity index (χ0) is 13.9. The number of halogens is 1. The first-order valence-electron chi connectivity index (χ1n) is 5.28. The van der Waals surface area contributed by atoms with Gasteiger partial charge in [0.25, 0.3) is 0 Å². The molecule has 0 saturated carbocycles. The lowest BCUT2D eigenvalue weighted by atomic mass is 10.2. The van der Waals surface area contributed by atoms with Gasteiger partial charge in [-0.05, 0) is 0 Å². The van der Waals surface area contributed by atoms with Gasteiger partial charge in [-0.1, -0.05) is 0 Å². The Labute approximate surface area is 104 Å². The van der Waals surface area contributed by atoms with Crippen LogP contribution >= 0.6 is 0 Å². The number of hydrogen-bond acceptors (Lipinski definition) is 4. The smallest absolute Gasteiger partial charge is 0.407 e. The van der Waals surface area contributed by atoms with E-state index >= 15 is 0 Å². The fourth-order valence-corrected chi connectivity index (χ4v) is 2.17. The SMILES string of the molecule is CS(=O)(=O)CCC(=O)NC1CN(C(=O)O)CC1F. The van der Waals surface area contributed by atoms with Crippen LogP contribution < -0.4 is 5.32 Å². The van der Waals surface area contributed by atoms with Gasteiger partial charge in [0.15, 0.2) is 0 Å². The molecule has 1 rings (SSSR count). The molecular weight excluding hydrogens is 267 g/mol. The highest BCUT2D eigenvalue weighted by Crippen LogP contribution is 2.13. The molecule has 18 heavy (non-hydrogen) atoms. The van der Waals surface area contributed by atoms with Crippen molar-refractivity contribution in [1.82, 2.24) is 10.2 Å². The van der Waals surface area contributed by atoms with E-state index in [9.17, 15) is 22.4 Å². The van der Waals surface area contributed by atoms with Crippen LogP contribution in [0.2, 0.25) is 0 Å². The van der Waals surface area contributed by atoms with Crippen molar-refractivity contribution < 1.29 is 27.5 Å². The summed E-state index contributed by atoms with van der Waals surface area (Å²) in [6, 6.07) is -0.909. The Hall–Kier alpha value is -1.38. The minimum Gasteiger partial charge on any atom is -0.465 e. The average molecular weight is 282 g/mol. The summed E-state index contributed by atoms with van der Waals surface area (Å²) in [6.45, 7) is -0.409. The van der Waals surface area contributed by atoms with E-state index in [1.807, 2.05) is 0 Å². The minimum absolute atomic E-state index is 0.124. The molecular formula is C9H15FN2O5S. The summed E-state index contributed by atoms with van der Waals surface area (Å²) in [4.78, 5) is 22.8. The number of rotatable bonds is 4. The van der Waals surface area contributed by atoms with E-state index in [0.717, 1.165) is 11.2 Å². The molecule has 1 saturated heterocycles. The van der Waals surface area contributed by atoms with Crippen molar-refractivity contribution in [2.75, 3.05) is 25.1 Å². The van der Waals surface area contributed by atoms with Crippen LogP contribution in [0.5, 0.6) is 0 Å². The second-order valence-electron chi connectivity index (χ2n) is 4.26. The number of carbonyl (C=O) groups excluding carboxylic acids is 1. The van der Waals surface area contributed by atoms with Crippen molar-refractivity contribution in [3.8, 4) is 0 Å². The lowest BCUT2D eigenvalue weighted by molar-refractivity contribution is -0.121. The molecule has 1 fully saturated rings. The van der Waals surface area contributed by atoms with E-state index in [1.165, 1.54) is 0 Å². The molecule has 2 unspecified atom stereocenters. The number of nitrogens with zero attached hydrogens (tertiary/aromatic N) is 1. The van der Waals surface area contributed by atoms with E-state index in [2.05, 4.69) is 5.32 Å². The predicted molar refractivity (Wildman–Crippen MR) is 60.8 cm³/mol. The van der Waals surface area contributed by atoms with Crippen molar-refractivity contribution in [1.29, 1.82) is 0 Å². The van der Waals surface area contributed by atoms with Crippen molar-refractivity contribution in [3.63, 3.8) is 0 Å². The Morgan fingerprint density at radius 3 is 2.50 bits per heavy atom. The van der Waals surface area contributed by atoms with Crippen LogP contribution in [0.1, 0.15) is 6.42 Å². The Balaban J connectivity index is 2.43. The molecule has 0 aromatic heterocycles. The van der Waals surface area contributed by atoms with Gasteiger partial charge in [-0.15, -0.1) is 0 Å². The summed E-state index contributed by atoms with van der Waals surface area (Å²) < 4.78 is 35.1. The quantitative estimate of drug-likeness (QED) is 0.705. The van der Waals surface area contributed by atoms with Crippen LogP contribution in [0.3, 0.4) is 0 Å². The molecule has 104 valence electrons. The molecule has 0 aromatic carbocycles. The standard InChI is InChI=1S/C9H15FN2O5S/c1-18(16,17)3-2-8(13)11-7-5-12(9(14)15)4-6(7)10/h6-7H,2-5H2,1H3,(H,11,13)(H,14,15). The van der Waals surface area contributed by atoms with Crippen LogP contribution in [-0.2, 0) is 14.6 Å². The van der Waals surface area contributed by atoms with Crippen LogP contribution in [0.4, 0.5) is 9.18 Å². The number of nitrogens with one attached hydrogen (secondary N) is 1. The fraction of sp³-hybridized carbons (Fsp3) is 0.778. The number of carbonyl (C=O) groups is 2. The van der Waals surface area contributed by atoms with Gasteiger partial charge in [0.2, 0.25) is 5.91 Å². The second kappa shape index (κ2) is 5.51. The van der Waals surface area contributed by atoms with Crippen molar-refractivity contribution >= 4 is 21.8 Å². The number of alkyl halides is 1. The third-order valence-corrected chi connectivity index (χ3v) is 3.51. The molecule has 1 heterocycles. The Bertz CT molecular complexity index is 438. The molecule has 7 nitrogen and oxygen atoms in total. The summed E-state index contributed by atoms with van der Waals surface area (Å²) in [5.74, 6) is -0.911. The van der Waals surface area contributed by atoms with Crippen LogP contribution in [0.25, 0.3) is 0 Å². The first kappa shape index (κ1) is 14.7. The lowest BCUT2D eigenvalue weighted by Crippen LogP contribution is -2.42. The van der Waals surface area contributed by atoms with E-state index in [0.29, 0.717) is 0 Å². The fourth-order valence-electron chi connectivity index (χ4n) is 1.61. The minimum atomic E-state index is -3.25. The maximum absolute atomic E-state index is 13.4. The monoisotopic (exact) mass is 282 g/mol. The third kappa shape index (κ3) is 4.47. The summed E-state index contributed by atoms with van der Waals surface area (Å²) in [5, 5.41) is 11.0. The van der Waals surface area contributed by atoms with Gasteiger partial charge in [0.1, 0.15) is 16.0 Å². The van der Waals surface area contributed by atoms with Gasteiger partial charge in [-0.25, -0.2) is 17.6 Å². The first-order valence-corrected chi connectivity index (χ1v) is 7.34. The predicted octanol–water partition coefficient (Wildman–Crippen LogP) is -0.762. The molecule has 9 heteroatoms. The maximum atomic E-state index is 13.4. The number of amides is 2. The summed E-state index contributed by atoms with van der Waals surface area (Å²) >= 11 is 0. The van der Waals surface area contributed by atoms with E-state index in [4.69, 9.17) is 5.11 Å². The Morgan fingerprint density at radius 2 is 2.06 bits per heavy atom. The molecule has 2 N–H and O–H groups in total. The van der Waals surface area contributed by atoms with Crippen LogP contribution in [0, 0.1) is 0 Å². The molecule has 0 spiro atoms. The topological polar surface area (TPSA) is 104 Å². The van der Waals surface area contributed by atoms with Crippen LogP contribution in [0.15, 0.2) is 0 Å². The number of likely N-dealkylation sites (tertiary alicyclic amines) is 1. The zero-order valence-corrected chi connectivity index (χ0v) is 10.6. The number of carboxylic acid groups (broad SMARTS) is 1. The molecule has 2 atom stereocenters. The van der Waals surface area contributed by atoms with Gasteiger partial charge in [0, 0.05) is 19.2 Å². The molecule has 0 aromatic rings. The normalized spacial score (nSPS) is 24.0. The second-order valence-corrected chi connectivity index (χ2v) is 6.52. The number of hydrogen-bond donors (Lipinski definition) is 2. The van der Waals surface area contributed by atoms with Crippen molar-refractivity contribution in [2.24, 2.45) is 0 Å². The highest BCUT2D eigenvalue weighted by Gasteiger charge is 2.36. The molecule has 0 bridgehead atoms. The number of sulfone groups is 1. The van der Waals surface area contributed by atoms with E-state index < -0.39 is 34.1 Å². The highest BCUT2D eigenvalue weighted by atomic mass is 32.2. The van der Waals surface area contributed by atoms with Gasteiger partial charge in [-0.2, -0.15) is 0 Å². The van der Waals surface area contributed by atoms with E-state index in [-0.39, 0.29) is 25.3 Å². The molecule has 1 aliphatic rings. The maximum Gasteiger partial charge on any atom is 0.407 e. The molecule has 0 radical (unpaired) electrons. The van der Waals surface area contributed by atoms with Gasteiger partial charge < -0.3 is 15.3 Å². The molecule has 2 amide bonds. The first-order chi connectivity index (χ1) is 8.19. The van der Waals surface area contributed by atoms with Gasteiger partial charge in [-0.3, -0.25) is 4.79 Å². The molecule has 0 aliphatic carbocycles. The zero-order valence-electron chi connectivity index (χ0n) is 9.80. The lowest BCUT2D eigenvalue weighted by Gasteiger charge is -2.14. The largest absolute Gasteiger partial charge is 0.465 e. The molecule has 1 aliphatic heterocycles. The van der Waals surface area contributed by atoms with Gasteiger partial charge in [0.05, 0.1) is 18.3 Å². The van der Waals surface area contributed by atoms with Crippen LogP contribution in [-0.4, -0.2) is 67.7 Å². The summed E-state index contributed by atoms with van der Waals surface area (Å²) in [6.07, 6.45) is -1.97. The Morgan fingerprint density at radius 1 is 1.44 bits per heavy atom. The average Bonchev–Trinajstić information content (AvgIpc) is 2.57. The summed E-state index contributed by atoms with van der Waals surface area (Å²) in [5.41, 5.74) is 0. The van der Waals surface area contributed by atoms with Crippen molar-refractivity contribution in [3.05, 3.63) is 0 Å². The Kier molecular flexibility index (Phi) is 4.49. The van der Waals surface area contributed by atoms with Gasteiger partial charge >= 0.3 is 6.09 Å². The highest BCUT2D eigenvalue weighted by molar-refractivity contribution is 7.90.